The number of hydrogen-bond donors (Lipinski definition) is 0. The summed E-state index contributed by atoms with van der Waals surface area (Å²) >= 11 is 0. The van der Waals surface area contributed by atoms with Gasteiger partial charge in [0.1, 0.15) is 17.4 Å². The highest BCUT2D eigenvalue weighted by Gasteiger charge is 2.21. The van der Waals surface area contributed by atoms with E-state index in [0.717, 1.165) is 6.07 Å². The van der Waals surface area contributed by atoms with Crippen LogP contribution in [0.1, 0.15) is 23.1 Å². The van der Waals surface area contributed by atoms with Gasteiger partial charge in [0.05, 0.1) is 17.9 Å². The molecule has 0 amide bonds. The number of aromatic nitrogens is 3. The van der Waals surface area contributed by atoms with Gasteiger partial charge in [-0.15, -0.1) is 0 Å². The zero-order chi connectivity index (χ0) is 16.4. The molecule has 0 N–H and O–H groups in total. The molecular weight excluding hydrogens is 299 g/mol. The molecule has 23 heavy (non-hydrogen) atoms. The van der Waals surface area contributed by atoms with Gasteiger partial charge in [-0.3, -0.25) is 4.57 Å². The van der Waals surface area contributed by atoms with Gasteiger partial charge in [0.15, 0.2) is 5.65 Å². The molecule has 3 rings (SSSR count). The fourth-order valence-corrected chi connectivity index (χ4v) is 2.22. The topological polar surface area (TPSA) is 80.8 Å². The highest BCUT2D eigenvalue weighted by atomic mass is 19.1. The molecule has 1 aromatic carbocycles. The first-order valence-electron chi connectivity index (χ1n) is 6.86. The van der Waals surface area contributed by atoms with Crippen molar-refractivity contribution in [3.8, 4) is 11.8 Å². The van der Waals surface area contributed by atoms with Crippen molar-refractivity contribution in [3.63, 3.8) is 0 Å². The average molecular weight is 310 g/mol. The van der Waals surface area contributed by atoms with E-state index < -0.39 is 11.8 Å². The van der Waals surface area contributed by atoms with E-state index in [1.54, 1.807) is 31.3 Å². The third-order valence-electron chi connectivity index (χ3n) is 3.21. The van der Waals surface area contributed by atoms with Crippen LogP contribution in [0.4, 0.5) is 4.39 Å². The number of imidazole rings is 1. The monoisotopic (exact) mass is 310 g/mol. The minimum absolute atomic E-state index is 0.00431. The molecule has 0 aliphatic carbocycles. The predicted octanol–water partition coefficient (Wildman–Crippen LogP) is 2.61. The van der Waals surface area contributed by atoms with Gasteiger partial charge in [0.2, 0.25) is 5.82 Å². The summed E-state index contributed by atoms with van der Waals surface area (Å²) in [5.74, 6) is -1.31. The van der Waals surface area contributed by atoms with Gasteiger partial charge in [0.25, 0.3) is 0 Å². The van der Waals surface area contributed by atoms with Crippen LogP contribution in [-0.2, 0) is 4.74 Å². The van der Waals surface area contributed by atoms with Crippen LogP contribution >= 0.6 is 0 Å². The Bertz CT molecular complexity index is 943. The molecular formula is C16H11FN4O2. The zero-order valence-electron chi connectivity index (χ0n) is 12.2. The van der Waals surface area contributed by atoms with E-state index in [0.29, 0.717) is 16.9 Å². The number of benzene rings is 1. The van der Waals surface area contributed by atoms with Crippen LogP contribution in [0.5, 0.6) is 0 Å². The molecule has 0 unspecified atom stereocenters. The van der Waals surface area contributed by atoms with Gasteiger partial charge >= 0.3 is 5.97 Å². The summed E-state index contributed by atoms with van der Waals surface area (Å²) in [5, 5.41) is 8.83. The van der Waals surface area contributed by atoms with E-state index in [1.807, 2.05) is 0 Å². The molecule has 2 aromatic heterocycles. The first-order chi connectivity index (χ1) is 11.2. The van der Waals surface area contributed by atoms with Gasteiger partial charge in [-0.25, -0.2) is 19.2 Å². The Morgan fingerprint density at radius 2 is 2.26 bits per heavy atom. The summed E-state index contributed by atoms with van der Waals surface area (Å²) in [5.41, 5.74) is 1.15. The molecule has 0 aliphatic rings. The number of fused-ring (bicyclic) bond motifs is 1. The van der Waals surface area contributed by atoms with Crippen LogP contribution in [0.2, 0.25) is 0 Å². The summed E-state index contributed by atoms with van der Waals surface area (Å²) in [6, 6.07) is 9.17. The van der Waals surface area contributed by atoms with Crippen molar-refractivity contribution in [2.24, 2.45) is 0 Å². The van der Waals surface area contributed by atoms with Gasteiger partial charge in [-0.2, -0.15) is 5.26 Å². The van der Waals surface area contributed by atoms with Crippen LogP contribution in [0.3, 0.4) is 0 Å². The smallest absolute Gasteiger partial charge is 0.375 e. The fraction of sp³-hybridized carbons (Fsp3) is 0.125. The largest absolute Gasteiger partial charge is 0.460 e. The number of esters is 1. The number of nitrogens with zero attached hydrogens (tertiary/aromatic N) is 4. The number of rotatable bonds is 3. The minimum atomic E-state index is -0.683. The maximum atomic E-state index is 13.9. The summed E-state index contributed by atoms with van der Waals surface area (Å²) in [6.07, 6.45) is 1.55. The third-order valence-corrected chi connectivity index (χ3v) is 3.21. The first kappa shape index (κ1) is 14.7. The summed E-state index contributed by atoms with van der Waals surface area (Å²) in [4.78, 5) is 20.6. The van der Waals surface area contributed by atoms with Crippen LogP contribution in [0, 0.1) is 17.1 Å². The molecule has 0 aliphatic heterocycles. The number of carbonyl (C=O) groups excluding carboxylic acids is 1. The van der Waals surface area contributed by atoms with Crippen LogP contribution in [0.15, 0.2) is 36.5 Å². The molecule has 114 valence electrons. The van der Waals surface area contributed by atoms with E-state index in [4.69, 9.17) is 10.00 Å². The Morgan fingerprint density at radius 3 is 2.96 bits per heavy atom. The second-order valence-corrected chi connectivity index (χ2v) is 4.61. The van der Waals surface area contributed by atoms with E-state index in [1.165, 1.54) is 16.7 Å². The second-order valence-electron chi connectivity index (χ2n) is 4.61. The number of ether oxygens (including phenoxy) is 1. The van der Waals surface area contributed by atoms with Gasteiger partial charge < -0.3 is 4.74 Å². The Morgan fingerprint density at radius 1 is 1.43 bits per heavy atom. The Balaban J connectivity index is 2.26. The molecule has 3 aromatic rings. The molecule has 0 atom stereocenters. The van der Waals surface area contributed by atoms with Gasteiger partial charge in [0, 0.05) is 6.20 Å². The first-order valence-corrected chi connectivity index (χ1v) is 6.86. The molecule has 0 radical (unpaired) electrons. The molecule has 0 saturated heterocycles. The van der Waals surface area contributed by atoms with Crippen LogP contribution in [-0.4, -0.2) is 27.1 Å². The lowest BCUT2D eigenvalue weighted by atomic mass is 10.2. The molecule has 7 heteroatoms. The second kappa shape index (κ2) is 5.85. The zero-order valence-corrected chi connectivity index (χ0v) is 12.2. The number of nitriles is 1. The maximum Gasteiger partial charge on any atom is 0.375 e. The predicted molar refractivity (Wildman–Crippen MR) is 79.5 cm³/mol. The number of carbonyl (C=O) groups is 1. The van der Waals surface area contributed by atoms with Gasteiger partial charge in [-0.05, 0) is 37.3 Å². The standard InChI is InChI=1S/C16H11FN4O2/c1-2-23-16(22)15-20-13-4-3-7-19-14(13)21(15)11-6-5-10(9-18)12(17)8-11/h3-8H,2H2,1H3. The molecule has 0 fully saturated rings. The lowest BCUT2D eigenvalue weighted by Crippen LogP contribution is -2.13. The van der Waals surface area contributed by atoms with E-state index in [2.05, 4.69) is 9.97 Å². The average Bonchev–Trinajstić information content (AvgIpc) is 2.94. The number of hydrogen-bond acceptors (Lipinski definition) is 5. The van der Waals surface area contributed by atoms with Crippen molar-refractivity contribution >= 4 is 17.1 Å². The normalized spacial score (nSPS) is 10.5. The summed E-state index contributed by atoms with van der Waals surface area (Å²) in [6.45, 7) is 1.88. The van der Waals surface area contributed by atoms with Crippen molar-refractivity contribution in [2.75, 3.05) is 6.61 Å². The number of pyridine rings is 1. The molecule has 6 nitrogen and oxygen atoms in total. The Labute approximate surface area is 130 Å². The quantitative estimate of drug-likeness (QED) is 0.695. The van der Waals surface area contributed by atoms with Crippen molar-refractivity contribution in [1.29, 1.82) is 5.26 Å². The fourth-order valence-electron chi connectivity index (χ4n) is 2.22. The molecule has 0 spiro atoms. The number of halogens is 1. The molecule has 0 saturated carbocycles. The van der Waals surface area contributed by atoms with Crippen molar-refractivity contribution < 1.29 is 13.9 Å². The maximum absolute atomic E-state index is 13.9. The molecule has 0 bridgehead atoms. The highest BCUT2D eigenvalue weighted by Crippen LogP contribution is 2.22. The van der Waals surface area contributed by atoms with Crippen molar-refractivity contribution in [3.05, 3.63) is 53.7 Å². The Hall–Kier alpha value is -3.27. The highest BCUT2D eigenvalue weighted by molar-refractivity contribution is 5.91. The van der Waals surface area contributed by atoms with Gasteiger partial charge in [-0.1, -0.05) is 0 Å². The van der Waals surface area contributed by atoms with Crippen LogP contribution < -0.4 is 0 Å². The lowest BCUT2D eigenvalue weighted by molar-refractivity contribution is 0.0510. The van der Waals surface area contributed by atoms with E-state index in [-0.39, 0.29) is 18.0 Å². The van der Waals surface area contributed by atoms with Crippen molar-refractivity contribution in [2.45, 2.75) is 6.92 Å². The SMILES string of the molecule is CCOC(=O)c1nc2cccnc2n1-c1ccc(C#N)c(F)c1. The van der Waals surface area contributed by atoms with Crippen molar-refractivity contribution in [1.82, 2.24) is 14.5 Å². The van der Waals surface area contributed by atoms with E-state index in [9.17, 15) is 9.18 Å². The summed E-state index contributed by atoms with van der Waals surface area (Å²) < 4.78 is 20.3. The van der Waals surface area contributed by atoms with E-state index >= 15 is 0 Å². The Kier molecular flexibility index (Phi) is 3.73. The minimum Gasteiger partial charge on any atom is -0.460 e. The molecule has 2 heterocycles. The third kappa shape index (κ3) is 2.51. The summed E-state index contributed by atoms with van der Waals surface area (Å²) in [7, 11) is 0. The van der Waals surface area contributed by atoms with Crippen LogP contribution in [0.25, 0.3) is 16.9 Å². The lowest BCUT2D eigenvalue weighted by Gasteiger charge is -2.08.